The highest BCUT2D eigenvalue weighted by atomic mass is 16.6. The first-order chi connectivity index (χ1) is 4.74. The Balaban J connectivity index is 2.44. The molecule has 56 valence electrons. The molecule has 1 saturated heterocycles. The Morgan fingerprint density at radius 3 is 2.90 bits per heavy atom. The van der Waals surface area contributed by atoms with E-state index in [1.807, 2.05) is 0 Å². The molecule has 0 aromatic heterocycles. The number of hydrogen-bond acceptors (Lipinski definition) is 4. The summed E-state index contributed by atoms with van der Waals surface area (Å²) in [7, 11) is 1.27. The van der Waals surface area contributed by atoms with E-state index in [2.05, 4.69) is 9.47 Å². The Morgan fingerprint density at radius 2 is 2.50 bits per heavy atom. The molecule has 0 aliphatic carbocycles. The van der Waals surface area contributed by atoms with E-state index in [-0.39, 0.29) is 5.97 Å². The molecule has 0 saturated carbocycles. The number of rotatable bonds is 1. The molecule has 0 unspecified atom stereocenters. The van der Waals surface area contributed by atoms with Gasteiger partial charge in [-0.3, -0.25) is 4.79 Å². The van der Waals surface area contributed by atoms with Crippen LogP contribution in [0.4, 0.5) is 0 Å². The Morgan fingerprint density at radius 1 is 1.80 bits per heavy atom. The lowest BCUT2D eigenvalue weighted by molar-refractivity contribution is -0.159. The van der Waals surface area contributed by atoms with Gasteiger partial charge in [-0.25, -0.2) is 4.79 Å². The van der Waals surface area contributed by atoms with Gasteiger partial charge in [-0.15, -0.1) is 0 Å². The van der Waals surface area contributed by atoms with Crippen LogP contribution in [0.25, 0.3) is 0 Å². The molecular weight excluding hydrogens is 136 g/mol. The Labute approximate surface area is 58.1 Å². The third-order valence-corrected chi connectivity index (χ3v) is 1.35. The second-order valence-corrected chi connectivity index (χ2v) is 2.04. The molecule has 1 rings (SSSR count). The number of carbonyl (C=O) groups excluding carboxylic acids is 2. The van der Waals surface area contributed by atoms with Crippen LogP contribution >= 0.6 is 0 Å². The van der Waals surface area contributed by atoms with Crippen LogP contribution in [0.2, 0.25) is 0 Å². The summed E-state index contributed by atoms with van der Waals surface area (Å²) in [5.74, 6) is -0.791. The van der Waals surface area contributed by atoms with E-state index >= 15 is 0 Å². The summed E-state index contributed by atoms with van der Waals surface area (Å²) in [4.78, 5) is 21.1. The molecule has 4 nitrogen and oxygen atoms in total. The van der Waals surface area contributed by atoms with Gasteiger partial charge in [-0.05, 0) is 0 Å². The molecule has 0 aromatic carbocycles. The number of methoxy groups -OCH3 is 1. The fraction of sp³-hybridized carbons (Fsp3) is 0.667. The summed E-state index contributed by atoms with van der Waals surface area (Å²) >= 11 is 0. The monoisotopic (exact) mass is 144 g/mol. The standard InChI is InChI=1S/C6H8O4/c1-9-6(8)4-2-3-5(7)10-4/h4H,2-3H2,1H3/t4-/m0/s1. The van der Waals surface area contributed by atoms with E-state index in [4.69, 9.17) is 0 Å². The van der Waals surface area contributed by atoms with E-state index in [1.54, 1.807) is 0 Å². The topological polar surface area (TPSA) is 52.6 Å². The molecule has 1 heterocycles. The van der Waals surface area contributed by atoms with Crippen LogP contribution in [0.1, 0.15) is 12.8 Å². The molecule has 0 radical (unpaired) electrons. The average Bonchev–Trinajstić information content (AvgIpc) is 2.34. The number of ether oxygens (including phenoxy) is 2. The van der Waals surface area contributed by atoms with Crippen molar-refractivity contribution in [3.05, 3.63) is 0 Å². The van der Waals surface area contributed by atoms with Crippen LogP contribution < -0.4 is 0 Å². The van der Waals surface area contributed by atoms with E-state index in [0.29, 0.717) is 12.8 Å². The Kier molecular flexibility index (Phi) is 1.89. The third-order valence-electron chi connectivity index (χ3n) is 1.35. The van der Waals surface area contributed by atoms with Crippen LogP contribution in [-0.2, 0) is 19.1 Å². The van der Waals surface area contributed by atoms with Crippen molar-refractivity contribution in [1.82, 2.24) is 0 Å². The molecule has 1 atom stereocenters. The van der Waals surface area contributed by atoms with Gasteiger partial charge in [0.25, 0.3) is 0 Å². The SMILES string of the molecule is COC(=O)[C@@H]1CCC(=O)O1. The molecule has 0 aromatic rings. The maximum absolute atomic E-state index is 10.7. The summed E-state index contributed by atoms with van der Waals surface area (Å²) in [6.45, 7) is 0. The van der Waals surface area contributed by atoms with E-state index in [1.165, 1.54) is 7.11 Å². The van der Waals surface area contributed by atoms with Gasteiger partial charge in [0.1, 0.15) is 0 Å². The molecule has 1 fully saturated rings. The van der Waals surface area contributed by atoms with Crippen LogP contribution in [0.15, 0.2) is 0 Å². The predicted octanol–water partition coefficient (Wildman–Crippen LogP) is -0.135. The summed E-state index contributed by atoms with van der Waals surface area (Å²) < 4.78 is 8.97. The second kappa shape index (κ2) is 2.68. The fourth-order valence-corrected chi connectivity index (χ4v) is 0.823. The maximum atomic E-state index is 10.7. The van der Waals surface area contributed by atoms with Crippen molar-refractivity contribution >= 4 is 11.9 Å². The number of hydrogen-bond donors (Lipinski definition) is 0. The molecule has 1 aliphatic rings. The van der Waals surface area contributed by atoms with Crippen molar-refractivity contribution in [2.75, 3.05) is 7.11 Å². The number of carbonyl (C=O) groups is 2. The molecule has 0 spiro atoms. The van der Waals surface area contributed by atoms with Gasteiger partial charge in [0.05, 0.1) is 7.11 Å². The van der Waals surface area contributed by atoms with Gasteiger partial charge < -0.3 is 9.47 Å². The Bertz CT molecular complexity index is 163. The minimum Gasteiger partial charge on any atom is -0.466 e. The lowest BCUT2D eigenvalue weighted by Gasteiger charge is -2.04. The zero-order valence-corrected chi connectivity index (χ0v) is 5.62. The highest BCUT2D eigenvalue weighted by Gasteiger charge is 2.30. The summed E-state index contributed by atoms with van der Waals surface area (Å²) in [6, 6.07) is 0. The van der Waals surface area contributed by atoms with Gasteiger partial charge in [0, 0.05) is 12.8 Å². The number of cyclic esters (lactones) is 1. The average molecular weight is 144 g/mol. The zero-order valence-electron chi connectivity index (χ0n) is 5.62. The summed E-state index contributed by atoms with van der Waals surface area (Å²) in [6.07, 6.45) is 0.114. The van der Waals surface area contributed by atoms with E-state index < -0.39 is 12.1 Å². The van der Waals surface area contributed by atoms with Gasteiger partial charge in [-0.2, -0.15) is 0 Å². The van der Waals surface area contributed by atoms with E-state index in [0.717, 1.165) is 0 Å². The van der Waals surface area contributed by atoms with Crippen molar-refractivity contribution in [1.29, 1.82) is 0 Å². The van der Waals surface area contributed by atoms with Crippen molar-refractivity contribution in [2.24, 2.45) is 0 Å². The highest BCUT2D eigenvalue weighted by molar-refractivity contribution is 5.82. The highest BCUT2D eigenvalue weighted by Crippen LogP contribution is 2.14. The summed E-state index contributed by atoms with van der Waals surface area (Å²) in [5.41, 5.74) is 0. The maximum Gasteiger partial charge on any atom is 0.347 e. The largest absolute Gasteiger partial charge is 0.466 e. The normalized spacial score (nSPS) is 24.1. The fourth-order valence-electron chi connectivity index (χ4n) is 0.823. The smallest absolute Gasteiger partial charge is 0.347 e. The predicted molar refractivity (Wildman–Crippen MR) is 31.1 cm³/mol. The molecule has 1 aliphatic heterocycles. The molecule has 0 bridgehead atoms. The summed E-state index contributed by atoms with van der Waals surface area (Å²) in [5, 5.41) is 0. The zero-order chi connectivity index (χ0) is 7.56. The first-order valence-corrected chi connectivity index (χ1v) is 3.01. The van der Waals surface area contributed by atoms with Crippen LogP contribution in [0, 0.1) is 0 Å². The first kappa shape index (κ1) is 7.05. The minimum absolute atomic E-state index is 0.319. The second-order valence-electron chi connectivity index (χ2n) is 2.04. The van der Waals surface area contributed by atoms with Crippen LogP contribution in [0.3, 0.4) is 0 Å². The third kappa shape index (κ3) is 1.26. The van der Waals surface area contributed by atoms with Crippen molar-refractivity contribution in [3.8, 4) is 0 Å². The Hall–Kier alpha value is -1.06. The minimum atomic E-state index is -0.655. The van der Waals surface area contributed by atoms with E-state index in [9.17, 15) is 9.59 Å². The van der Waals surface area contributed by atoms with Crippen molar-refractivity contribution < 1.29 is 19.1 Å². The molecule has 0 N–H and O–H groups in total. The van der Waals surface area contributed by atoms with Crippen molar-refractivity contribution in [2.45, 2.75) is 18.9 Å². The molecule has 4 heteroatoms. The van der Waals surface area contributed by atoms with Crippen LogP contribution in [0.5, 0.6) is 0 Å². The van der Waals surface area contributed by atoms with Gasteiger partial charge in [-0.1, -0.05) is 0 Å². The first-order valence-electron chi connectivity index (χ1n) is 3.01. The lowest BCUT2D eigenvalue weighted by atomic mass is 10.2. The van der Waals surface area contributed by atoms with Gasteiger partial charge >= 0.3 is 11.9 Å². The number of esters is 2. The molecule has 10 heavy (non-hydrogen) atoms. The molecule has 0 amide bonds. The quantitative estimate of drug-likeness (QED) is 0.481. The van der Waals surface area contributed by atoms with Gasteiger partial charge in [0.2, 0.25) is 0 Å². The van der Waals surface area contributed by atoms with Crippen LogP contribution in [-0.4, -0.2) is 25.2 Å². The van der Waals surface area contributed by atoms with Gasteiger partial charge in [0.15, 0.2) is 6.10 Å². The lowest BCUT2D eigenvalue weighted by Crippen LogP contribution is -2.21. The molecular formula is C6H8O4. The van der Waals surface area contributed by atoms with Crippen molar-refractivity contribution in [3.63, 3.8) is 0 Å².